The SMILES string of the molecule is O=C(COc1ccccc1F)Nc1ccc(N2CCCCC2)c2ccncc12. The Morgan fingerprint density at radius 3 is 2.71 bits per heavy atom. The molecule has 28 heavy (non-hydrogen) atoms. The third kappa shape index (κ3) is 3.91. The highest BCUT2D eigenvalue weighted by Gasteiger charge is 2.16. The Morgan fingerprint density at radius 2 is 1.89 bits per heavy atom. The highest BCUT2D eigenvalue weighted by molar-refractivity contribution is 6.06. The fraction of sp³-hybridized carbons (Fsp3) is 0.273. The molecule has 1 aromatic heterocycles. The van der Waals surface area contributed by atoms with Crippen molar-refractivity contribution >= 4 is 28.1 Å². The number of nitrogens with zero attached hydrogens (tertiary/aromatic N) is 2. The minimum Gasteiger partial charge on any atom is -0.481 e. The van der Waals surface area contributed by atoms with Gasteiger partial charge >= 0.3 is 0 Å². The maximum Gasteiger partial charge on any atom is 0.262 e. The second-order valence-electron chi connectivity index (χ2n) is 6.87. The molecule has 0 bridgehead atoms. The Bertz CT molecular complexity index is 986. The van der Waals surface area contributed by atoms with Crippen molar-refractivity contribution in [3.63, 3.8) is 0 Å². The number of benzene rings is 2. The van der Waals surface area contributed by atoms with Crippen LogP contribution in [0.4, 0.5) is 15.8 Å². The van der Waals surface area contributed by atoms with E-state index in [1.165, 1.54) is 31.4 Å². The number of anilines is 2. The summed E-state index contributed by atoms with van der Waals surface area (Å²) in [6.07, 6.45) is 7.18. The summed E-state index contributed by atoms with van der Waals surface area (Å²) >= 11 is 0. The van der Waals surface area contributed by atoms with E-state index in [0.717, 1.165) is 29.5 Å². The largest absolute Gasteiger partial charge is 0.481 e. The average molecular weight is 379 g/mol. The monoisotopic (exact) mass is 379 g/mol. The first-order valence-corrected chi connectivity index (χ1v) is 9.51. The zero-order chi connectivity index (χ0) is 19.3. The molecule has 3 aromatic rings. The smallest absolute Gasteiger partial charge is 0.262 e. The summed E-state index contributed by atoms with van der Waals surface area (Å²) in [5, 5.41) is 4.80. The van der Waals surface area contributed by atoms with Crippen molar-refractivity contribution in [2.45, 2.75) is 19.3 Å². The van der Waals surface area contributed by atoms with E-state index in [-0.39, 0.29) is 18.3 Å². The Balaban J connectivity index is 1.52. The molecule has 1 amide bonds. The summed E-state index contributed by atoms with van der Waals surface area (Å²) in [6.45, 7) is 1.82. The summed E-state index contributed by atoms with van der Waals surface area (Å²) in [7, 11) is 0. The summed E-state index contributed by atoms with van der Waals surface area (Å²) in [4.78, 5) is 18.9. The highest BCUT2D eigenvalue weighted by Crippen LogP contribution is 2.33. The second kappa shape index (κ2) is 8.25. The fourth-order valence-corrected chi connectivity index (χ4v) is 3.59. The number of pyridine rings is 1. The van der Waals surface area contributed by atoms with E-state index in [1.807, 2.05) is 18.2 Å². The van der Waals surface area contributed by atoms with E-state index in [4.69, 9.17) is 4.74 Å². The molecule has 1 saturated heterocycles. The van der Waals surface area contributed by atoms with Gasteiger partial charge in [-0.1, -0.05) is 12.1 Å². The van der Waals surface area contributed by atoms with Crippen molar-refractivity contribution in [1.82, 2.24) is 4.98 Å². The van der Waals surface area contributed by atoms with Gasteiger partial charge in [-0.3, -0.25) is 9.78 Å². The molecule has 2 aromatic carbocycles. The molecule has 1 aliphatic rings. The maximum absolute atomic E-state index is 13.6. The van der Waals surface area contributed by atoms with Crippen molar-refractivity contribution in [2.24, 2.45) is 0 Å². The zero-order valence-electron chi connectivity index (χ0n) is 15.5. The predicted octanol–water partition coefficient (Wildman–Crippen LogP) is 4.38. The molecule has 5 nitrogen and oxygen atoms in total. The van der Waals surface area contributed by atoms with Gasteiger partial charge in [0.15, 0.2) is 18.2 Å². The minimum absolute atomic E-state index is 0.0598. The number of carbonyl (C=O) groups excluding carboxylic acids is 1. The van der Waals surface area contributed by atoms with Crippen molar-refractivity contribution in [3.8, 4) is 5.75 Å². The van der Waals surface area contributed by atoms with Crippen molar-refractivity contribution in [3.05, 3.63) is 60.7 Å². The third-order valence-corrected chi connectivity index (χ3v) is 4.96. The van der Waals surface area contributed by atoms with Crippen LogP contribution >= 0.6 is 0 Å². The number of nitrogens with one attached hydrogen (secondary N) is 1. The number of hydrogen-bond acceptors (Lipinski definition) is 4. The first-order valence-electron chi connectivity index (χ1n) is 9.51. The Morgan fingerprint density at radius 1 is 1.07 bits per heavy atom. The Kier molecular flexibility index (Phi) is 5.37. The summed E-state index contributed by atoms with van der Waals surface area (Å²) in [5.41, 5.74) is 1.84. The van der Waals surface area contributed by atoms with E-state index in [2.05, 4.69) is 15.2 Å². The normalized spacial score (nSPS) is 14.1. The Labute approximate surface area is 163 Å². The first kappa shape index (κ1) is 18.2. The molecular weight excluding hydrogens is 357 g/mol. The quantitative estimate of drug-likeness (QED) is 0.715. The Hall–Kier alpha value is -3.15. The number of piperidine rings is 1. The van der Waals surface area contributed by atoms with Gasteiger partial charge in [0.25, 0.3) is 5.91 Å². The van der Waals surface area contributed by atoms with Crippen LogP contribution in [0.15, 0.2) is 54.9 Å². The molecule has 0 unspecified atom stereocenters. The van der Waals surface area contributed by atoms with Crippen LogP contribution < -0.4 is 15.0 Å². The van der Waals surface area contributed by atoms with Crippen LogP contribution in [-0.2, 0) is 4.79 Å². The first-order chi connectivity index (χ1) is 13.7. The van der Waals surface area contributed by atoms with E-state index < -0.39 is 5.82 Å². The topological polar surface area (TPSA) is 54.5 Å². The number of rotatable bonds is 5. The molecule has 0 radical (unpaired) electrons. The molecule has 2 heterocycles. The lowest BCUT2D eigenvalue weighted by molar-refractivity contribution is -0.118. The number of amides is 1. The number of hydrogen-bond donors (Lipinski definition) is 1. The lowest BCUT2D eigenvalue weighted by Crippen LogP contribution is -2.29. The number of para-hydroxylation sites is 1. The number of halogens is 1. The van der Waals surface area contributed by atoms with Crippen LogP contribution in [0.25, 0.3) is 10.8 Å². The van der Waals surface area contributed by atoms with Crippen molar-refractivity contribution in [2.75, 3.05) is 29.9 Å². The highest BCUT2D eigenvalue weighted by atomic mass is 19.1. The van der Waals surface area contributed by atoms with Gasteiger partial charge in [0.1, 0.15) is 0 Å². The van der Waals surface area contributed by atoms with Gasteiger partial charge in [0.05, 0.1) is 5.69 Å². The average Bonchev–Trinajstić information content (AvgIpc) is 2.74. The minimum atomic E-state index is -0.490. The summed E-state index contributed by atoms with van der Waals surface area (Å²) < 4.78 is 18.9. The van der Waals surface area contributed by atoms with Gasteiger partial charge in [-0.15, -0.1) is 0 Å². The van der Waals surface area contributed by atoms with Crippen LogP contribution in [-0.4, -0.2) is 30.6 Å². The molecular formula is C22H22FN3O2. The lowest BCUT2D eigenvalue weighted by Gasteiger charge is -2.30. The standard InChI is InChI=1S/C22H22FN3O2/c23-18-6-2-3-7-21(18)28-15-22(27)25-19-8-9-20(26-12-4-1-5-13-26)16-10-11-24-14-17(16)19/h2-3,6-11,14H,1,4-5,12-13,15H2,(H,25,27). The number of carbonyl (C=O) groups is 1. The molecule has 6 heteroatoms. The molecule has 1 aliphatic heterocycles. The van der Waals surface area contributed by atoms with E-state index in [1.54, 1.807) is 24.5 Å². The summed E-state index contributed by atoms with van der Waals surface area (Å²) in [5.74, 6) is -0.778. The molecule has 0 saturated carbocycles. The molecule has 144 valence electrons. The van der Waals surface area contributed by atoms with Crippen molar-refractivity contribution in [1.29, 1.82) is 0 Å². The second-order valence-corrected chi connectivity index (χ2v) is 6.87. The molecule has 0 spiro atoms. The van der Waals surface area contributed by atoms with Gasteiger partial charge in [-0.2, -0.15) is 0 Å². The van der Waals surface area contributed by atoms with E-state index in [0.29, 0.717) is 5.69 Å². The molecule has 0 aliphatic carbocycles. The number of ether oxygens (including phenoxy) is 1. The third-order valence-electron chi connectivity index (χ3n) is 4.96. The maximum atomic E-state index is 13.6. The van der Waals surface area contributed by atoms with Crippen LogP contribution in [0.2, 0.25) is 0 Å². The molecule has 4 rings (SSSR count). The van der Waals surface area contributed by atoms with Gasteiger partial charge in [-0.25, -0.2) is 4.39 Å². The van der Waals surface area contributed by atoms with E-state index in [9.17, 15) is 9.18 Å². The van der Waals surface area contributed by atoms with Crippen LogP contribution in [0.5, 0.6) is 5.75 Å². The van der Waals surface area contributed by atoms with Crippen molar-refractivity contribution < 1.29 is 13.9 Å². The summed E-state index contributed by atoms with van der Waals surface area (Å²) in [6, 6.07) is 11.9. The van der Waals surface area contributed by atoms with Gasteiger partial charge < -0.3 is 15.0 Å². The predicted molar refractivity (Wildman–Crippen MR) is 108 cm³/mol. The van der Waals surface area contributed by atoms with Gasteiger partial charge in [0.2, 0.25) is 0 Å². The molecule has 0 atom stereocenters. The van der Waals surface area contributed by atoms with Crippen LogP contribution in [0.3, 0.4) is 0 Å². The molecule has 1 N–H and O–H groups in total. The lowest BCUT2D eigenvalue weighted by atomic mass is 10.1. The molecule has 1 fully saturated rings. The van der Waals surface area contributed by atoms with Gasteiger partial charge in [-0.05, 0) is 49.6 Å². The number of aromatic nitrogens is 1. The number of fused-ring (bicyclic) bond motifs is 1. The fourth-order valence-electron chi connectivity index (χ4n) is 3.59. The van der Waals surface area contributed by atoms with Crippen LogP contribution in [0.1, 0.15) is 19.3 Å². The van der Waals surface area contributed by atoms with Gasteiger partial charge in [0, 0.05) is 41.9 Å². The van der Waals surface area contributed by atoms with E-state index >= 15 is 0 Å². The van der Waals surface area contributed by atoms with Crippen LogP contribution in [0, 0.1) is 5.82 Å². The zero-order valence-corrected chi connectivity index (χ0v) is 15.5.